The second-order valence-corrected chi connectivity index (χ2v) is 6.32. The number of ether oxygens (including phenoxy) is 1. The predicted octanol–water partition coefficient (Wildman–Crippen LogP) is 4.51. The maximum atomic E-state index is 12.3. The van der Waals surface area contributed by atoms with Crippen molar-refractivity contribution in [1.82, 2.24) is 9.97 Å². The van der Waals surface area contributed by atoms with Gasteiger partial charge in [-0.05, 0) is 49.9 Å². The SMILES string of the molecule is Cc1csc(C(=O)Nc2c(C)nc(Oc3ccccc3)nc2C)c1. The number of para-hydroxylation sites is 1. The number of thiophene rings is 1. The van der Waals surface area contributed by atoms with Gasteiger partial charge in [-0.3, -0.25) is 4.79 Å². The van der Waals surface area contributed by atoms with Gasteiger partial charge in [0.25, 0.3) is 5.91 Å². The molecule has 3 aromatic rings. The molecule has 2 aromatic heterocycles. The maximum Gasteiger partial charge on any atom is 0.322 e. The second kappa shape index (κ2) is 6.80. The van der Waals surface area contributed by atoms with Gasteiger partial charge < -0.3 is 10.1 Å². The minimum Gasteiger partial charge on any atom is -0.424 e. The van der Waals surface area contributed by atoms with Gasteiger partial charge >= 0.3 is 6.01 Å². The van der Waals surface area contributed by atoms with E-state index in [1.165, 1.54) is 11.3 Å². The summed E-state index contributed by atoms with van der Waals surface area (Å²) in [6.45, 7) is 5.60. The highest BCUT2D eigenvalue weighted by atomic mass is 32.1. The van der Waals surface area contributed by atoms with Crippen LogP contribution >= 0.6 is 11.3 Å². The van der Waals surface area contributed by atoms with Crippen LogP contribution in [0.1, 0.15) is 26.6 Å². The zero-order valence-corrected chi connectivity index (χ0v) is 14.5. The third-order valence-electron chi connectivity index (χ3n) is 3.40. The monoisotopic (exact) mass is 339 g/mol. The Kier molecular flexibility index (Phi) is 4.57. The van der Waals surface area contributed by atoms with Crippen LogP contribution in [0.4, 0.5) is 5.69 Å². The van der Waals surface area contributed by atoms with Crippen LogP contribution in [-0.4, -0.2) is 15.9 Å². The summed E-state index contributed by atoms with van der Waals surface area (Å²) in [6, 6.07) is 11.5. The Bertz CT molecular complexity index is 852. The van der Waals surface area contributed by atoms with Crippen molar-refractivity contribution in [3.8, 4) is 11.8 Å². The summed E-state index contributed by atoms with van der Waals surface area (Å²) in [5.41, 5.74) is 3.01. The van der Waals surface area contributed by atoms with Crippen molar-refractivity contribution < 1.29 is 9.53 Å². The minimum absolute atomic E-state index is 0.153. The summed E-state index contributed by atoms with van der Waals surface area (Å²) in [5, 5.41) is 4.84. The lowest BCUT2D eigenvalue weighted by Gasteiger charge is -2.12. The summed E-state index contributed by atoms with van der Waals surface area (Å²) in [4.78, 5) is 21.7. The fourth-order valence-electron chi connectivity index (χ4n) is 2.23. The molecule has 0 bridgehead atoms. The molecule has 1 amide bonds. The average Bonchev–Trinajstić information content (AvgIpc) is 2.98. The first kappa shape index (κ1) is 16.1. The first-order chi connectivity index (χ1) is 11.5. The van der Waals surface area contributed by atoms with Gasteiger partial charge in [0, 0.05) is 0 Å². The normalized spacial score (nSPS) is 10.5. The van der Waals surface area contributed by atoms with E-state index in [0.717, 1.165) is 5.56 Å². The van der Waals surface area contributed by atoms with Crippen molar-refractivity contribution >= 4 is 22.9 Å². The van der Waals surface area contributed by atoms with E-state index in [1.54, 1.807) is 0 Å². The molecule has 24 heavy (non-hydrogen) atoms. The Morgan fingerprint density at radius 2 is 1.75 bits per heavy atom. The van der Waals surface area contributed by atoms with E-state index >= 15 is 0 Å². The summed E-state index contributed by atoms with van der Waals surface area (Å²) < 4.78 is 5.66. The molecule has 0 spiro atoms. The fourth-order valence-corrected chi connectivity index (χ4v) is 3.02. The van der Waals surface area contributed by atoms with Crippen LogP contribution in [0, 0.1) is 20.8 Å². The molecule has 5 nitrogen and oxygen atoms in total. The zero-order chi connectivity index (χ0) is 17.1. The van der Waals surface area contributed by atoms with Gasteiger partial charge in [-0.1, -0.05) is 18.2 Å². The quantitative estimate of drug-likeness (QED) is 0.759. The maximum absolute atomic E-state index is 12.3. The van der Waals surface area contributed by atoms with E-state index in [-0.39, 0.29) is 11.9 Å². The molecule has 0 fully saturated rings. The summed E-state index contributed by atoms with van der Waals surface area (Å²) in [6.07, 6.45) is 0. The molecule has 122 valence electrons. The minimum atomic E-state index is -0.153. The molecule has 0 atom stereocenters. The molecule has 1 N–H and O–H groups in total. The number of carbonyl (C=O) groups excluding carboxylic acids is 1. The lowest BCUT2D eigenvalue weighted by atomic mass is 10.2. The smallest absolute Gasteiger partial charge is 0.322 e. The number of benzene rings is 1. The number of anilines is 1. The van der Waals surface area contributed by atoms with Crippen molar-refractivity contribution in [3.05, 3.63) is 63.6 Å². The predicted molar refractivity (Wildman–Crippen MR) is 95.0 cm³/mol. The molecule has 3 rings (SSSR count). The Hall–Kier alpha value is -2.73. The molecule has 0 aliphatic carbocycles. The number of aromatic nitrogens is 2. The molecule has 0 unspecified atom stereocenters. The Labute approximate surface area is 144 Å². The first-order valence-corrected chi connectivity index (χ1v) is 8.35. The van der Waals surface area contributed by atoms with Crippen molar-refractivity contribution in [2.24, 2.45) is 0 Å². The molecule has 0 aliphatic heterocycles. The Morgan fingerprint density at radius 1 is 1.08 bits per heavy atom. The van der Waals surface area contributed by atoms with E-state index in [9.17, 15) is 4.79 Å². The lowest BCUT2D eigenvalue weighted by Crippen LogP contribution is -2.14. The van der Waals surface area contributed by atoms with Crippen LogP contribution < -0.4 is 10.1 Å². The van der Waals surface area contributed by atoms with Gasteiger partial charge in [0.05, 0.1) is 22.0 Å². The van der Waals surface area contributed by atoms with E-state index in [1.807, 2.05) is 62.5 Å². The number of rotatable bonds is 4. The topological polar surface area (TPSA) is 64.1 Å². The molecule has 0 aliphatic rings. The van der Waals surface area contributed by atoms with Gasteiger partial charge in [-0.25, -0.2) is 0 Å². The molecule has 0 radical (unpaired) electrons. The van der Waals surface area contributed by atoms with Gasteiger partial charge in [-0.15, -0.1) is 11.3 Å². The van der Waals surface area contributed by atoms with E-state index in [4.69, 9.17) is 4.74 Å². The van der Waals surface area contributed by atoms with Gasteiger partial charge in [-0.2, -0.15) is 9.97 Å². The van der Waals surface area contributed by atoms with Crippen molar-refractivity contribution in [2.75, 3.05) is 5.32 Å². The Balaban J connectivity index is 1.81. The first-order valence-electron chi connectivity index (χ1n) is 7.47. The molecule has 0 saturated heterocycles. The van der Waals surface area contributed by atoms with E-state index in [0.29, 0.717) is 27.7 Å². The van der Waals surface area contributed by atoms with Crippen molar-refractivity contribution in [3.63, 3.8) is 0 Å². The number of hydrogen-bond donors (Lipinski definition) is 1. The molecule has 0 saturated carbocycles. The molecule has 1 aromatic carbocycles. The third kappa shape index (κ3) is 3.60. The summed E-state index contributed by atoms with van der Waals surface area (Å²) in [5.74, 6) is 0.516. The zero-order valence-electron chi connectivity index (χ0n) is 13.7. The van der Waals surface area contributed by atoms with Crippen LogP contribution in [0.5, 0.6) is 11.8 Å². The highest BCUT2D eigenvalue weighted by Crippen LogP contribution is 2.24. The summed E-state index contributed by atoms with van der Waals surface area (Å²) in [7, 11) is 0. The lowest BCUT2D eigenvalue weighted by molar-refractivity contribution is 0.103. The van der Waals surface area contributed by atoms with E-state index in [2.05, 4.69) is 15.3 Å². The highest BCUT2D eigenvalue weighted by Gasteiger charge is 2.15. The van der Waals surface area contributed by atoms with Gasteiger partial charge in [0.15, 0.2) is 0 Å². The Morgan fingerprint density at radius 3 is 2.33 bits per heavy atom. The highest BCUT2D eigenvalue weighted by molar-refractivity contribution is 7.12. The van der Waals surface area contributed by atoms with Crippen molar-refractivity contribution in [2.45, 2.75) is 20.8 Å². The van der Waals surface area contributed by atoms with Crippen LogP contribution in [0.3, 0.4) is 0 Å². The van der Waals surface area contributed by atoms with Crippen LogP contribution in [0.2, 0.25) is 0 Å². The number of nitrogens with zero attached hydrogens (tertiary/aromatic N) is 2. The molecular formula is C18H17N3O2S. The van der Waals surface area contributed by atoms with Gasteiger partial charge in [0.1, 0.15) is 5.75 Å². The average molecular weight is 339 g/mol. The van der Waals surface area contributed by atoms with Gasteiger partial charge in [0.2, 0.25) is 0 Å². The molecular weight excluding hydrogens is 322 g/mol. The van der Waals surface area contributed by atoms with Crippen LogP contribution in [0.15, 0.2) is 41.8 Å². The van der Waals surface area contributed by atoms with Crippen LogP contribution in [0.25, 0.3) is 0 Å². The molecule has 6 heteroatoms. The standard InChI is InChI=1S/C18H17N3O2S/c1-11-9-15(24-10-11)17(22)21-16-12(2)19-18(20-13(16)3)23-14-7-5-4-6-8-14/h4-10H,1-3H3,(H,21,22). The largest absolute Gasteiger partial charge is 0.424 e. The molecule has 2 heterocycles. The van der Waals surface area contributed by atoms with Crippen molar-refractivity contribution in [1.29, 1.82) is 0 Å². The summed E-state index contributed by atoms with van der Waals surface area (Å²) >= 11 is 1.42. The van der Waals surface area contributed by atoms with Crippen LogP contribution in [-0.2, 0) is 0 Å². The second-order valence-electron chi connectivity index (χ2n) is 5.41. The third-order valence-corrected chi connectivity index (χ3v) is 4.44. The number of hydrogen-bond acceptors (Lipinski definition) is 5. The number of carbonyl (C=O) groups is 1. The number of nitrogens with one attached hydrogen (secondary N) is 1. The van der Waals surface area contributed by atoms with E-state index < -0.39 is 0 Å². The number of amides is 1. The number of aryl methyl sites for hydroxylation is 3. The fraction of sp³-hybridized carbons (Fsp3) is 0.167.